The minimum absolute atomic E-state index is 0.229. The monoisotopic (exact) mass is 382 g/mol. The second-order valence-corrected chi connectivity index (χ2v) is 6.72. The lowest BCUT2D eigenvalue weighted by Crippen LogP contribution is -2.39. The lowest BCUT2D eigenvalue weighted by molar-refractivity contribution is 0.0583. The maximum atomic E-state index is 13.5. The summed E-state index contributed by atoms with van der Waals surface area (Å²) in [4.78, 5) is 38.2. The molecule has 1 amide bonds. The van der Waals surface area contributed by atoms with Crippen molar-refractivity contribution in [2.75, 3.05) is 13.7 Å². The van der Waals surface area contributed by atoms with E-state index in [9.17, 15) is 14.0 Å². The van der Waals surface area contributed by atoms with Crippen LogP contribution in [0.15, 0.2) is 36.5 Å². The Morgan fingerprint density at radius 1 is 1.25 bits per heavy atom. The SMILES string of the molecule is COC(=O)c1ccc(C(=O)N2CCCC[C@H]2c2nc3ccc(F)cc3[nH]2)nc1. The number of benzene rings is 1. The van der Waals surface area contributed by atoms with Crippen LogP contribution in [0.5, 0.6) is 0 Å². The molecule has 0 unspecified atom stereocenters. The van der Waals surface area contributed by atoms with E-state index in [2.05, 4.69) is 19.7 Å². The van der Waals surface area contributed by atoms with Gasteiger partial charge in [0.1, 0.15) is 17.3 Å². The van der Waals surface area contributed by atoms with E-state index in [0.717, 1.165) is 19.3 Å². The molecule has 3 aromatic rings. The van der Waals surface area contributed by atoms with Crippen molar-refractivity contribution in [1.29, 1.82) is 0 Å². The van der Waals surface area contributed by atoms with Gasteiger partial charge in [0.2, 0.25) is 0 Å². The fourth-order valence-corrected chi connectivity index (χ4v) is 3.52. The lowest BCUT2D eigenvalue weighted by atomic mass is 10.0. The van der Waals surface area contributed by atoms with Crippen molar-refractivity contribution >= 4 is 22.9 Å². The van der Waals surface area contributed by atoms with Gasteiger partial charge in [-0.3, -0.25) is 9.78 Å². The van der Waals surface area contributed by atoms with E-state index in [0.29, 0.717) is 23.4 Å². The van der Waals surface area contributed by atoms with Gasteiger partial charge in [-0.15, -0.1) is 0 Å². The van der Waals surface area contributed by atoms with Crippen LogP contribution in [0.4, 0.5) is 4.39 Å². The number of aromatic amines is 1. The average Bonchev–Trinajstić information content (AvgIpc) is 3.15. The highest BCUT2D eigenvalue weighted by atomic mass is 19.1. The molecule has 1 atom stereocenters. The number of nitrogens with one attached hydrogen (secondary N) is 1. The molecule has 0 bridgehead atoms. The van der Waals surface area contributed by atoms with Crippen LogP contribution in [0.1, 0.15) is 52.0 Å². The Morgan fingerprint density at radius 2 is 2.11 bits per heavy atom. The first-order valence-corrected chi connectivity index (χ1v) is 9.07. The minimum Gasteiger partial charge on any atom is -0.465 e. The molecule has 1 fully saturated rings. The number of pyridine rings is 1. The third kappa shape index (κ3) is 3.33. The average molecular weight is 382 g/mol. The van der Waals surface area contributed by atoms with Gasteiger partial charge >= 0.3 is 5.97 Å². The van der Waals surface area contributed by atoms with Crippen LogP contribution in [0, 0.1) is 5.82 Å². The van der Waals surface area contributed by atoms with Crippen LogP contribution in [0.3, 0.4) is 0 Å². The zero-order valence-corrected chi connectivity index (χ0v) is 15.3. The van der Waals surface area contributed by atoms with Crippen molar-refractivity contribution in [2.24, 2.45) is 0 Å². The zero-order valence-electron chi connectivity index (χ0n) is 15.3. The van der Waals surface area contributed by atoms with Crippen LogP contribution in [0.25, 0.3) is 11.0 Å². The standard InChI is InChI=1S/C20H19FN4O3/c1-28-20(27)12-5-7-15(22-11-12)19(26)25-9-3-2-4-17(25)18-23-14-8-6-13(21)10-16(14)24-18/h5-8,10-11,17H,2-4,9H2,1H3,(H,23,24)/t17-/m0/s1. The summed E-state index contributed by atoms with van der Waals surface area (Å²) in [5.41, 5.74) is 1.80. The minimum atomic E-state index is -0.503. The van der Waals surface area contributed by atoms with Crippen LogP contribution in [-0.2, 0) is 4.74 Å². The number of esters is 1. The molecule has 0 radical (unpaired) electrons. The highest BCUT2D eigenvalue weighted by Gasteiger charge is 2.31. The molecule has 0 saturated carbocycles. The molecule has 4 rings (SSSR count). The second kappa shape index (κ2) is 7.38. The number of methoxy groups -OCH3 is 1. The summed E-state index contributed by atoms with van der Waals surface area (Å²) in [5, 5.41) is 0. The van der Waals surface area contributed by atoms with Crippen LogP contribution >= 0.6 is 0 Å². The molecule has 28 heavy (non-hydrogen) atoms. The molecule has 8 heteroatoms. The quantitative estimate of drug-likeness (QED) is 0.703. The number of imidazole rings is 1. The van der Waals surface area contributed by atoms with Crippen molar-refractivity contribution in [1.82, 2.24) is 19.9 Å². The van der Waals surface area contributed by atoms with Crippen LogP contribution in [0.2, 0.25) is 0 Å². The number of likely N-dealkylation sites (tertiary alicyclic amines) is 1. The third-order valence-electron chi connectivity index (χ3n) is 4.95. The van der Waals surface area contributed by atoms with Gasteiger partial charge in [-0.25, -0.2) is 14.2 Å². The highest BCUT2D eigenvalue weighted by molar-refractivity contribution is 5.94. The number of nitrogens with zero attached hydrogens (tertiary/aromatic N) is 3. The first kappa shape index (κ1) is 18.1. The Bertz CT molecular complexity index is 1030. The van der Waals surface area contributed by atoms with Crippen LogP contribution in [-0.4, -0.2) is 45.4 Å². The Morgan fingerprint density at radius 3 is 2.86 bits per heavy atom. The first-order chi connectivity index (χ1) is 13.6. The number of H-pyrrole nitrogens is 1. The summed E-state index contributed by atoms with van der Waals surface area (Å²) < 4.78 is 18.1. The molecule has 3 heterocycles. The number of amides is 1. The number of rotatable bonds is 3. The molecule has 0 spiro atoms. The molecule has 1 aliphatic rings. The topological polar surface area (TPSA) is 88.2 Å². The lowest BCUT2D eigenvalue weighted by Gasteiger charge is -2.34. The smallest absolute Gasteiger partial charge is 0.339 e. The largest absolute Gasteiger partial charge is 0.465 e. The number of halogens is 1. The van der Waals surface area contributed by atoms with Gasteiger partial charge < -0.3 is 14.6 Å². The molecule has 1 aromatic carbocycles. The molecular formula is C20H19FN4O3. The van der Waals surface area contributed by atoms with Crippen molar-refractivity contribution in [3.63, 3.8) is 0 Å². The fraction of sp³-hybridized carbons (Fsp3) is 0.300. The van der Waals surface area contributed by atoms with Crippen LogP contribution < -0.4 is 0 Å². The maximum absolute atomic E-state index is 13.5. The van der Waals surface area contributed by atoms with Gasteiger partial charge in [0, 0.05) is 12.7 Å². The fourth-order valence-electron chi connectivity index (χ4n) is 3.52. The van der Waals surface area contributed by atoms with E-state index >= 15 is 0 Å². The summed E-state index contributed by atoms with van der Waals surface area (Å²) >= 11 is 0. The normalized spacial score (nSPS) is 16.9. The summed E-state index contributed by atoms with van der Waals surface area (Å²) in [6.07, 6.45) is 3.95. The highest BCUT2D eigenvalue weighted by Crippen LogP contribution is 2.31. The molecule has 0 aliphatic carbocycles. The molecule has 144 valence electrons. The van der Waals surface area contributed by atoms with E-state index < -0.39 is 5.97 Å². The Balaban J connectivity index is 1.62. The van der Waals surface area contributed by atoms with Gasteiger partial charge in [0.05, 0.1) is 29.7 Å². The molecule has 2 aromatic heterocycles. The van der Waals surface area contributed by atoms with Crippen molar-refractivity contribution in [3.8, 4) is 0 Å². The molecule has 7 nitrogen and oxygen atoms in total. The van der Waals surface area contributed by atoms with Gasteiger partial charge in [-0.1, -0.05) is 0 Å². The number of fused-ring (bicyclic) bond motifs is 1. The second-order valence-electron chi connectivity index (χ2n) is 6.72. The summed E-state index contributed by atoms with van der Waals surface area (Å²) in [7, 11) is 1.29. The van der Waals surface area contributed by atoms with E-state index in [4.69, 9.17) is 0 Å². The number of hydrogen-bond donors (Lipinski definition) is 1. The Labute approximate surface area is 160 Å². The maximum Gasteiger partial charge on any atom is 0.339 e. The van der Waals surface area contributed by atoms with Gasteiger partial charge in [-0.2, -0.15) is 0 Å². The number of carbonyl (C=O) groups excluding carboxylic acids is 2. The Kier molecular flexibility index (Phi) is 4.77. The zero-order chi connectivity index (χ0) is 19.7. The molecule has 1 N–H and O–H groups in total. The predicted molar refractivity (Wildman–Crippen MR) is 99.3 cm³/mol. The molecule has 1 aliphatic heterocycles. The summed E-state index contributed by atoms with van der Waals surface area (Å²) in [6.45, 7) is 0.579. The van der Waals surface area contributed by atoms with Gasteiger partial charge in [0.25, 0.3) is 5.91 Å². The van der Waals surface area contributed by atoms with E-state index in [1.54, 1.807) is 11.0 Å². The van der Waals surface area contributed by atoms with E-state index in [1.807, 2.05) is 0 Å². The number of hydrogen-bond acceptors (Lipinski definition) is 5. The number of ether oxygens (including phenoxy) is 1. The predicted octanol–water partition coefficient (Wildman–Crippen LogP) is 3.25. The number of piperidine rings is 1. The number of aromatic nitrogens is 3. The third-order valence-corrected chi connectivity index (χ3v) is 4.95. The first-order valence-electron chi connectivity index (χ1n) is 9.07. The van der Waals surface area contributed by atoms with Crippen molar-refractivity contribution in [2.45, 2.75) is 25.3 Å². The van der Waals surface area contributed by atoms with Gasteiger partial charge in [0.15, 0.2) is 0 Å². The molecule has 1 saturated heterocycles. The van der Waals surface area contributed by atoms with E-state index in [-0.39, 0.29) is 29.0 Å². The Hall–Kier alpha value is -3.29. The van der Waals surface area contributed by atoms with E-state index in [1.165, 1.54) is 37.6 Å². The van der Waals surface area contributed by atoms with Gasteiger partial charge in [-0.05, 0) is 49.6 Å². The van der Waals surface area contributed by atoms with Crippen molar-refractivity contribution in [3.05, 3.63) is 59.4 Å². The summed E-state index contributed by atoms with van der Waals surface area (Å²) in [5.74, 6) is -0.432. The summed E-state index contributed by atoms with van der Waals surface area (Å²) in [6, 6.07) is 7.19. The number of carbonyl (C=O) groups is 2. The molecular weight excluding hydrogens is 363 g/mol. The van der Waals surface area contributed by atoms with Crippen molar-refractivity contribution < 1.29 is 18.7 Å².